The Morgan fingerprint density at radius 1 is 1.47 bits per heavy atom. The molecular formula is C12H15F3N2O2. The first kappa shape index (κ1) is 15.3. The molecule has 0 radical (unpaired) electrons. The molecular weight excluding hydrogens is 261 g/mol. The monoisotopic (exact) mass is 276 g/mol. The van der Waals surface area contributed by atoms with Gasteiger partial charge < -0.3 is 9.88 Å². The average molecular weight is 276 g/mol. The summed E-state index contributed by atoms with van der Waals surface area (Å²) in [7, 11) is 0. The number of carbonyl (C=O) groups excluding carboxylic acids is 1. The Labute approximate surface area is 108 Å². The van der Waals surface area contributed by atoms with Crippen molar-refractivity contribution in [3.63, 3.8) is 0 Å². The SMILES string of the molecule is CC[C@@H](C)NC(=O)Cn1cccc(C(F)(F)F)c1=O. The minimum absolute atomic E-state index is 0.0889. The van der Waals surface area contributed by atoms with Gasteiger partial charge in [-0.05, 0) is 25.5 Å². The summed E-state index contributed by atoms with van der Waals surface area (Å²) >= 11 is 0. The molecule has 0 aliphatic rings. The topological polar surface area (TPSA) is 51.1 Å². The predicted octanol–water partition coefficient (Wildman–Crippen LogP) is 1.78. The Balaban J connectivity index is 2.92. The molecule has 0 aliphatic heterocycles. The standard InChI is InChI=1S/C12H15F3N2O2/c1-3-8(2)16-10(18)7-17-6-4-5-9(11(17)19)12(13,14)15/h4-6,8H,3,7H2,1-2H3,(H,16,18)/t8-/m1/s1. The van der Waals surface area contributed by atoms with Crippen molar-refractivity contribution < 1.29 is 18.0 Å². The zero-order valence-electron chi connectivity index (χ0n) is 10.6. The van der Waals surface area contributed by atoms with Gasteiger partial charge in [-0.25, -0.2) is 0 Å². The second-order valence-corrected chi connectivity index (χ2v) is 4.23. The summed E-state index contributed by atoms with van der Waals surface area (Å²) in [5.74, 6) is -0.490. The molecule has 0 unspecified atom stereocenters. The Morgan fingerprint density at radius 2 is 2.11 bits per heavy atom. The lowest BCUT2D eigenvalue weighted by Gasteiger charge is -2.13. The number of rotatable bonds is 4. The normalized spacial score (nSPS) is 13.1. The van der Waals surface area contributed by atoms with Crippen molar-refractivity contribution in [2.45, 2.75) is 39.0 Å². The molecule has 106 valence electrons. The summed E-state index contributed by atoms with van der Waals surface area (Å²) in [5, 5.41) is 2.58. The van der Waals surface area contributed by atoms with Crippen LogP contribution in [-0.4, -0.2) is 16.5 Å². The van der Waals surface area contributed by atoms with Gasteiger partial charge in [0.2, 0.25) is 5.91 Å². The van der Waals surface area contributed by atoms with Crippen molar-refractivity contribution in [1.29, 1.82) is 0 Å². The maximum Gasteiger partial charge on any atom is 0.421 e. The van der Waals surface area contributed by atoms with Crippen LogP contribution in [0.4, 0.5) is 13.2 Å². The molecule has 1 aromatic heterocycles. The molecule has 1 heterocycles. The lowest BCUT2D eigenvalue weighted by atomic mass is 10.2. The summed E-state index contributed by atoms with van der Waals surface area (Å²) in [6.07, 6.45) is -2.86. The molecule has 0 saturated heterocycles. The molecule has 1 aromatic rings. The highest BCUT2D eigenvalue weighted by molar-refractivity contribution is 5.76. The molecule has 0 spiro atoms. The van der Waals surface area contributed by atoms with Crippen LogP contribution >= 0.6 is 0 Å². The predicted molar refractivity (Wildman–Crippen MR) is 63.6 cm³/mol. The number of alkyl halides is 3. The third kappa shape index (κ3) is 4.11. The summed E-state index contributed by atoms with van der Waals surface area (Å²) in [6, 6.07) is 1.71. The first-order valence-corrected chi connectivity index (χ1v) is 5.81. The first-order chi connectivity index (χ1) is 8.75. The van der Waals surface area contributed by atoms with Crippen LogP contribution in [0.5, 0.6) is 0 Å². The lowest BCUT2D eigenvalue weighted by molar-refractivity contribution is -0.139. The van der Waals surface area contributed by atoms with Gasteiger partial charge in [0.15, 0.2) is 0 Å². The van der Waals surface area contributed by atoms with Gasteiger partial charge in [-0.2, -0.15) is 13.2 Å². The van der Waals surface area contributed by atoms with Crippen molar-refractivity contribution in [3.8, 4) is 0 Å². The van der Waals surface area contributed by atoms with E-state index in [0.29, 0.717) is 12.5 Å². The molecule has 1 atom stereocenters. The highest BCUT2D eigenvalue weighted by Gasteiger charge is 2.34. The molecule has 0 fully saturated rings. The number of nitrogens with one attached hydrogen (secondary N) is 1. The third-order valence-electron chi connectivity index (χ3n) is 2.66. The van der Waals surface area contributed by atoms with Crippen molar-refractivity contribution in [2.24, 2.45) is 0 Å². The van der Waals surface area contributed by atoms with Crippen LogP contribution in [0.25, 0.3) is 0 Å². The van der Waals surface area contributed by atoms with E-state index in [1.54, 1.807) is 6.92 Å². The van der Waals surface area contributed by atoms with Crippen LogP contribution in [0.15, 0.2) is 23.1 Å². The smallest absolute Gasteiger partial charge is 0.352 e. The number of nitrogens with zero attached hydrogens (tertiary/aromatic N) is 1. The quantitative estimate of drug-likeness (QED) is 0.911. The molecule has 1 amide bonds. The highest BCUT2D eigenvalue weighted by atomic mass is 19.4. The van der Waals surface area contributed by atoms with Crippen molar-refractivity contribution in [3.05, 3.63) is 34.2 Å². The molecule has 19 heavy (non-hydrogen) atoms. The van der Waals surface area contributed by atoms with Crippen molar-refractivity contribution in [1.82, 2.24) is 9.88 Å². The summed E-state index contributed by atoms with van der Waals surface area (Å²) in [6.45, 7) is 3.21. The van der Waals surface area contributed by atoms with Gasteiger partial charge in [-0.15, -0.1) is 0 Å². The van der Waals surface area contributed by atoms with Crippen LogP contribution in [0.2, 0.25) is 0 Å². The van der Waals surface area contributed by atoms with Crippen LogP contribution in [0.1, 0.15) is 25.8 Å². The van der Waals surface area contributed by atoms with E-state index in [0.717, 1.165) is 16.8 Å². The molecule has 1 rings (SSSR count). The zero-order chi connectivity index (χ0) is 14.6. The third-order valence-corrected chi connectivity index (χ3v) is 2.66. The van der Waals surface area contributed by atoms with E-state index in [-0.39, 0.29) is 6.04 Å². The Bertz CT molecular complexity index is 508. The molecule has 0 aromatic carbocycles. The van der Waals surface area contributed by atoms with E-state index in [1.807, 2.05) is 6.92 Å². The molecule has 1 N–H and O–H groups in total. The van der Waals surface area contributed by atoms with Crippen LogP contribution in [0, 0.1) is 0 Å². The molecule has 4 nitrogen and oxygen atoms in total. The highest BCUT2D eigenvalue weighted by Crippen LogP contribution is 2.25. The second-order valence-electron chi connectivity index (χ2n) is 4.23. The van der Waals surface area contributed by atoms with Gasteiger partial charge in [-0.3, -0.25) is 9.59 Å². The first-order valence-electron chi connectivity index (χ1n) is 5.81. The number of hydrogen-bond acceptors (Lipinski definition) is 2. The van der Waals surface area contributed by atoms with Crippen LogP contribution in [-0.2, 0) is 17.5 Å². The van der Waals surface area contributed by atoms with Crippen LogP contribution < -0.4 is 10.9 Å². The number of halogens is 3. The minimum Gasteiger partial charge on any atom is -0.352 e. The number of hydrogen-bond donors (Lipinski definition) is 1. The van der Waals surface area contributed by atoms with Crippen LogP contribution in [0.3, 0.4) is 0 Å². The summed E-state index contributed by atoms with van der Waals surface area (Å²) in [5.41, 5.74) is -2.49. The van der Waals surface area contributed by atoms with Crippen molar-refractivity contribution >= 4 is 5.91 Å². The average Bonchev–Trinajstić information content (AvgIpc) is 2.30. The van der Waals surface area contributed by atoms with E-state index < -0.39 is 29.8 Å². The van der Waals surface area contributed by atoms with E-state index in [4.69, 9.17) is 0 Å². The number of carbonyl (C=O) groups is 1. The number of aromatic nitrogens is 1. The van der Waals surface area contributed by atoms with Gasteiger partial charge in [0.25, 0.3) is 5.56 Å². The minimum atomic E-state index is -4.72. The Hall–Kier alpha value is -1.79. The van der Waals surface area contributed by atoms with E-state index in [9.17, 15) is 22.8 Å². The number of amides is 1. The van der Waals surface area contributed by atoms with Crippen molar-refractivity contribution in [2.75, 3.05) is 0 Å². The van der Waals surface area contributed by atoms with Gasteiger partial charge >= 0.3 is 6.18 Å². The molecule has 0 aliphatic carbocycles. The summed E-state index contributed by atoms with van der Waals surface area (Å²) < 4.78 is 38.3. The van der Waals surface area contributed by atoms with E-state index in [1.165, 1.54) is 0 Å². The largest absolute Gasteiger partial charge is 0.421 e. The van der Waals surface area contributed by atoms with E-state index >= 15 is 0 Å². The molecule has 0 saturated carbocycles. The maximum atomic E-state index is 12.5. The fourth-order valence-electron chi connectivity index (χ4n) is 1.45. The molecule has 7 heteroatoms. The second kappa shape index (κ2) is 5.90. The fourth-order valence-corrected chi connectivity index (χ4v) is 1.45. The maximum absolute atomic E-state index is 12.5. The Morgan fingerprint density at radius 3 is 2.63 bits per heavy atom. The fraction of sp³-hybridized carbons (Fsp3) is 0.500. The number of pyridine rings is 1. The summed E-state index contributed by atoms with van der Waals surface area (Å²) in [4.78, 5) is 23.1. The molecule has 0 bridgehead atoms. The van der Waals surface area contributed by atoms with Gasteiger partial charge in [0, 0.05) is 12.2 Å². The zero-order valence-corrected chi connectivity index (χ0v) is 10.6. The van der Waals surface area contributed by atoms with Gasteiger partial charge in [0.1, 0.15) is 12.1 Å². The van der Waals surface area contributed by atoms with E-state index in [2.05, 4.69) is 5.32 Å². The Kier molecular flexibility index (Phi) is 4.74. The van der Waals surface area contributed by atoms with Gasteiger partial charge in [0.05, 0.1) is 0 Å². The van der Waals surface area contributed by atoms with Gasteiger partial charge in [-0.1, -0.05) is 6.92 Å². The lowest BCUT2D eigenvalue weighted by Crippen LogP contribution is -2.38.